The van der Waals surface area contributed by atoms with E-state index in [4.69, 9.17) is 16.0 Å². The van der Waals surface area contributed by atoms with Crippen LogP contribution < -0.4 is 5.32 Å². The maximum Gasteiger partial charge on any atom is 0.119 e. The molecule has 1 rings (SSSR count). The van der Waals surface area contributed by atoms with E-state index < -0.39 is 0 Å². The first-order valence-corrected chi connectivity index (χ1v) is 4.43. The van der Waals surface area contributed by atoms with E-state index in [0.717, 1.165) is 35.1 Å². The molecule has 0 spiro atoms. The number of aryl methyl sites for hydroxylation is 1. The molecule has 1 aromatic rings. The fourth-order valence-electron chi connectivity index (χ4n) is 1.17. The molecule has 1 aromatic heterocycles. The van der Waals surface area contributed by atoms with Crippen molar-refractivity contribution in [3.8, 4) is 0 Å². The Bertz CT molecular complexity index is 268. The Labute approximate surface area is 77.9 Å². The molecule has 1 heterocycles. The quantitative estimate of drug-likeness (QED) is 0.786. The van der Waals surface area contributed by atoms with Gasteiger partial charge in [-0.3, -0.25) is 0 Å². The van der Waals surface area contributed by atoms with E-state index in [-0.39, 0.29) is 0 Å². The summed E-state index contributed by atoms with van der Waals surface area (Å²) in [6.07, 6.45) is 0.899. The third-order valence-corrected chi connectivity index (χ3v) is 2.48. The maximum absolute atomic E-state index is 5.96. The minimum Gasteiger partial charge on any atom is -0.464 e. The van der Waals surface area contributed by atoms with Crippen molar-refractivity contribution in [2.45, 2.75) is 20.3 Å². The number of nitrogens with one attached hydrogen (secondary N) is 1. The number of furan rings is 1. The smallest absolute Gasteiger partial charge is 0.119 e. The van der Waals surface area contributed by atoms with Crippen LogP contribution in [0.3, 0.4) is 0 Å². The lowest BCUT2D eigenvalue weighted by Gasteiger charge is -1.96. The molecule has 0 amide bonds. The number of halogens is 1. The Hall–Kier alpha value is -0.470. The van der Waals surface area contributed by atoms with Gasteiger partial charge in [0.2, 0.25) is 0 Å². The van der Waals surface area contributed by atoms with E-state index in [1.165, 1.54) is 0 Å². The molecule has 0 unspecified atom stereocenters. The molecule has 0 aliphatic rings. The lowest BCUT2D eigenvalue weighted by molar-refractivity contribution is 0.477. The van der Waals surface area contributed by atoms with Crippen LogP contribution in [0.15, 0.2) is 4.42 Å². The van der Waals surface area contributed by atoms with Crippen molar-refractivity contribution in [3.05, 3.63) is 22.1 Å². The lowest BCUT2D eigenvalue weighted by atomic mass is 10.2. The molecule has 0 saturated carbocycles. The summed E-state index contributed by atoms with van der Waals surface area (Å²) in [4.78, 5) is 0. The highest BCUT2D eigenvalue weighted by molar-refractivity contribution is 6.32. The molecule has 1 N–H and O–H groups in total. The van der Waals surface area contributed by atoms with Gasteiger partial charge in [0.15, 0.2) is 0 Å². The molecule has 2 nitrogen and oxygen atoms in total. The standard InChI is InChI=1S/C9H14ClNO/c1-6-8(4-5-11-3)12-7(2)9(6)10/h11H,4-5H2,1-3H3. The third kappa shape index (κ3) is 1.82. The van der Waals surface area contributed by atoms with Crippen molar-refractivity contribution in [2.75, 3.05) is 13.6 Å². The van der Waals surface area contributed by atoms with E-state index in [0.29, 0.717) is 0 Å². The second kappa shape index (κ2) is 3.97. The van der Waals surface area contributed by atoms with Gasteiger partial charge in [0, 0.05) is 18.5 Å². The molecule has 12 heavy (non-hydrogen) atoms. The SMILES string of the molecule is CNCCc1oc(C)c(Cl)c1C. The molecular formula is C9H14ClNO. The third-order valence-electron chi connectivity index (χ3n) is 1.93. The fraction of sp³-hybridized carbons (Fsp3) is 0.556. The Morgan fingerprint density at radius 1 is 1.42 bits per heavy atom. The number of rotatable bonds is 3. The fourth-order valence-corrected chi connectivity index (χ4v) is 1.31. The van der Waals surface area contributed by atoms with E-state index >= 15 is 0 Å². The highest BCUT2D eigenvalue weighted by atomic mass is 35.5. The van der Waals surface area contributed by atoms with Crippen molar-refractivity contribution in [3.63, 3.8) is 0 Å². The van der Waals surface area contributed by atoms with Gasteiger partial charge < -0.3 is 9.73 Å². The highest BCUT2D eigenvalue weighted by Crippen LogP contribution is 2.26. The normalized spacial score (nSPS) is 10.7. The Morgan fingerprint density at radius 3 is 2.50 bits per heavy atom. The summed E-state index contributed by atoms with van der Waals surface area (Å²) in [5.41, 5.74) is 1.07. The summed E-state index contributed by atoms with van der Waals surface area (Å²) >= 11 is 5.96. The predicted molar refractivity (Wildman–Crippen MR) is 50.8 cm³/mol. The monoisotopic (exact) mass is 187 g/mol. The molecule has 0 aliphatic carbocycles. The molecule has 0 saturated heterocycles. The first-order valence-electron chi connectivity index (χ1n) is 4.05. The Balaban J connectivity index is 2.79. The molecule has 0 atom stereocenters. The molecule has 0 radical (unpaired) electrons. The summed E-state index contributed by atoms with van der Waals surface area (Å²) in [7, 11) is 1.92. The molecule has 0 fully saturated rings. The van der Waals surface area contributed by atoms with Gasteiger partial charge in [-0.05, 0) is 20.9 Å². The van der Waals surface area contributed by atoms with E-state index in [1.807, 2.05) is 20.9 Å². The van der Waals surface area contributed by atoms with Crippen molar-refractivity contribution < 1.29 is 4.42 Å². The van der Waals surface area contributed by atoms with Crippen LogP contribution in [-0.4, -0.2) is 13.6 Å². The van der Waals surface area contributed by atoms with Crippen LogP contribution in [0, 0.1) is 13.8 Å². The van der Waals surface area contributed by atoms with Crippen LogP contribution in [0.5, 0.6) is 0 Å². The number of likely N-dealkylation sites (N-methyl/N-ethyl adjacent to an activating group) is 1. The summed E-state index contributed by atoms with van der Waals surface area (Å²) in [5, 5.41) is 3.83. The van der Waals surface area contributed by atoms with Gasteiger partial charge in [0.25, 0.3) is 0 Å². The zero-order chi connectivity index (χ0) is 9.14. The van der Waals surface area contributed by atoms with Gasteiger partial charge in [0.1, 0.15) is 11.5 Å². The van der Waals surface area contributed by atoms with Gasteiger partial charge in [-0.15, -0.1) is 0 Å². The van der Waals surface area contributed by atoms with Crippen LogP contribution in [0.4, 0.5) is 0 Å². The predicted octanol–water partition coefficient (Wildman–Crippen LogP) is 2.31. The minimum absolute atomic E-state index is 0.765. The van der Waals surface area contributed by atoms with Crippen molar-refractivity contribution >= 4 is 11.6 Å². The Kier molecular flexibility index (Phi) is 3.18. The molecule has 68 valence electrons. The van der Waals surface area contributed by atoms with Crippen molar-refractivity contribution in [1.82, 2.24) is 5.32 Å². The average molecular weight is 188 g/mol. The highest BCUT2D eigenvalue weighted by Gasteiger charge is 2.10. The van der Waals surface area contributed by atoms with Crippen LogP contribution in [0.1, 0.15) is 17.1 Å². The Morgan fingerprint density at radius 2 is 2.08 bits per heavy atom. The summed E-state index contributed by atoms with van der Waals surface area (Å²) < 4.78 is 5.48. The first kappa shape index (κ1) is 9.62. The minimum atomic E-state index is 0.765. The number of hydrogen-bond acceptors (Lipinski definition) is 2. The summed E-state index contributed by atoms with van der Waals surface area (Å²) in [5.74, 6) is 1.81. The van der Waals surface area contributed by atoms with Gasteiger partial charge in [-0.1, -0.05) is 11.6 Å². The summed E-state index contributed by atoms with van der Waals surface area (Å²) in [6.45, 7) is 4.80. The van der Waals surface area contributed by atoms with Crippen LogP contribution in [-0.2, 0) is 6.42 Å². The average Bonchev–Trinajstić information content (AvgIpc) is 2.30. The molecule has 0 aliphatic heterocycles. The van der Waals surface area contributed by atoms with Crippen LogP contribution in [0.2, 0.25) is 5.02 Å². The van der Waals surface area contributed by atoms with E-state index in [9.17, 15) is 0 Å². The van der Waals surface area contributed by atoms with Crippen molar-refractivity contribution in [1.29, 1.82) is 0 Å². The second-order valence-corrected chi connectivity index (χ2v) is 3.25. The topological polar surface area (TPSA) is 25.2 Å². The van der Waals surface area contributed by atoms with Gasteiger partial charge in [0.05, 0.1) is 5.02 Å². The van der Waals surface area contributed by atoms with Crippen LogP contribution in [0.25, 0.3) is 0 Å². The number of hydrogen-bond donors (Lipinski definition) is 1. The molecule has 0 aromatic carbocycles. The lowest BCUT2D eigenvalue weighted by Crippen LogP contribution is -2.10. The van der Waals surface area contributed by atoms with E-state index in [1.54, 1.807) is 0 Å². The first-order chi connectivity index (χ1) is 5.66. The van der Waals surface area contributed by atoms with Crippen LogP contribution >= 0.6 is 11.6 Å². The van der Waals surface area contributed by atoms with Gasteiger partial charge in [-0.25, -0.2) is 0 Å². The zero-order valence-corrected chi connectivity index (χ0v) is 8.46. The van der Waals surface area contributed by atoms with Gasteiger partial charge in [-0.2, -0.15) is 0 Å². The molecule has 3 heteroatoms. The zero-order valence-electron chi connectivity index (χ0n) is 7.70. The summed E-state index contributed by atoms with van der Waals surface area (Å²) in [6, 6.07) is 0. The second-order valence-electron chi connectivity index (χ2n) is 2.87. The van der Waals surface area contributed by atoms with E-state index in [2.05, 4.69) is 5.32 Å². The van der Waals surface area contributed by atoms with Crippen molar-refractivity contribution in [2.24, 2.45) is 0 Å². The molecule has 0 bridgehead atoms. The molecular weight excluding hydrogens is 174 g/mol. The largest absolute Gasteiger partial charge is 0.464 e. The van der Waals surface area contributed by atoms with Gasteiger partial charge >= 0.3 is 0 Å². The maximum atomic E-state index is 5.96.